The van der Waals surface area contributed by atoms with Crippen molar-refractivity contribution in [1.29, 1.82) is 0 Å². The summed E-state index contributed by atoms with van der Waals surface area (Å²) in [6, 6.07) is 8.41. The number of thiophene rings is 1. The number of amides is 1. The van der Waals surface area contributed by atoms with Crippen LogP contribution in [0.15, 0.2) is 51.0 Å². The third kappa shape index (κ3) is 4.19. The molecule has 0 aliphatic carbocycles. The molecule has 4 aromatic heterocycles. The maximum atomic E-state index is 12.2. The fourth-order valence-electron chi connectivity index (χ4n) is 2.22. The lowest BCUT2D eigenvalue weighted by atomic mass is 10.4. The first-order chi connectivity index (χ1) is 13.1. The van der Waals surface area contributed by atoms with Crippen molar-refractivity contribution in [1.82, 2.24) is 19.6 Å². The second kappa shape index (κ2) is 7.77. The molecule has 4 aromatic rings. The van der Waals surface area contributed by atoms with Crippen LogP contribution in [0.4, 0.5) is 5.13 Å². The van der Waals surface area contributed by atoms with Gasteiger partial charge in [0.05, 0.1) is 15.6 Å². The van der Waals surface area contributed by atoms with Gasteiger partial charge in [-0.05, 0) is 23.6 Å². The highest BCUT2D eigenvalue weighted by Gasteiger charge is 2.12. The van der Waals surface area contributed by atoms with Gasteiger partial charge in [-0.25, -0.2) is 4.98 Å². The zero-order valence-corrected chi connectivity index (χ0v) is 16.7. The number of carbonyl (C=O) groups is 1. The van der Waals surface area contributed by atoms with Crippen LogP contribution in [0, 0.1) is 0 Å². The van der Waals surface area contributed by atoms with Crippen molar-refractivity contribution in [3.8, 4) is 0 Å². The number of carbonyl (C=O) groups excluding carboxylic acids is 1. The highest BCUT2D eigenvalue weighted by Crippen LogP contribution is 2.28. The molecular formula is C16H10ClN5O2S3. The first kappa shape index (κ1) is 18.1. The Bertz CT molecular complexity index is 1170. The minimum absolute atomic E-state index is 0.195. The Morgan fingerprint density at radius 1 is 1.30 bits per heavy atom. The van der Waals surface area contributed by atoms with Gasteiger partial charge in [-0.15, -0.1) is 21.5 Å². The van der Waals surface area contributed by atoms with Gasteiger partial charge in [0.1, 0.15) is 5.65 Å². The molecule has 4 heterocycles. The maximum Gasteiger partial charge on any atom is 0.267 e. The van der Waals surface area contributed by atoms with E-state index >= 15 is 0 Å². The van der Waals surface area contributed by atoms with Crippen LogP contribution < -0.4 is 10.9 Å². The molecule has 0 saturated heterocycles. The van der Waals surface area contributed by atoms with Gasteiger partial charge in [-0.3, -0.25) is 19.3 Å². The van der Waals surface area contributed by atoms with E-state index < -0.39 is 0 Å². The smallest absolute Gasteiger partial charge is 0.267 e. The summed E-state index contributed by atoms with van der Waals surface area (Å²) in [6.07, 6.45) is 1.54. The second-order valence-corrected chi connectivity index (χ2v) is 8.84. The summed E-state index contributed by atoms with van der Waals surface area (Å²) < 4.78 is 2.08. The van der Waals surface area contributed by atoms with E-state index in [0.717, 1.165) is 0 Å². The number of anilines is 1. The Balaban J connectivity index is 1.44. The molecule has 0 spiro atoms. The first-order valence-electron chi connectivity index (χ1n) is 7.57. The summed E-state index contributed by atoms with van der Waals surface area (Å²) in [5.41, 5.74) is 0.967. The van der Waals surface area contributed by atoms with Crippen LogP contribution in [-0.2, 0) is 5.75 Å². The van der Waals surface area contributed by atoms with Gasteiger partial charge in [-0.2, -0.15) is 0 Å². The minimum Gasteiger partial charge on any atom is -0.296 e. The fraction of sp³-hybridized carbons (Fsp3) is 0.0625. The molecule has 0 atom stereocenters. The van der Waals surface area contributed by atoms with Gasteiger partial charge < -0.3 is 0 Å². The van der Waals surface area contributed by atoms with E-state index in [1.165, 1.54) is 51.1 Å². The highest BCUT2D eigenvalue weighted by molar-refractivity contribution is 8.00. The summed E-state index contributed by atoms with van der Waals surface area (Å²) >= 11 is 9.94. The van der Waals surface area contributed by atoms with Crippen molar-refractivity contribution in [2.75, 3.05) is 5.32 Å². The molecule has 0 aromatic carbocycles. The maximum absolute atomic E-state index is 12.2. The van der Waals surface area contributed by atoms with Crippen LogP contribution in [-0.4, -0.2) is 25.5 Å². The molecular weight excluding hydrogens is 426 g/mol. The monoisotopic (exact) mass is 435 g/mol. The SMILES string of the molecule is O=C(Nc1nnc(SCc2cc(=O)n3cc(Cl)ccc3n2)s1)c1cccs1. The van der Waals surface area contributed by atoms with E-state index in [4.69, 9.17) is 11.6 Å². The molecule has 0 aliphatic heterocycles. The predicted molar refractivity (Wildman–Crippen MR) is 108 cm³/mol. The van der Waals surface area contributed by atoms with Crippen molar-refractivity contribution in [3.63, 3.8) is 0 Å². The first-order valence-corrected chi connectivity index (χ1v) is 10.6. The van der Waals surface area contributed by atoms with Crippen LogP contribution in [0.5, 0.6) is 0 Å². The van der Waals surface area contributed by atoms with Crippen LogP contribution in [0.1, 0.15) is 15.4 Å². The third-order valence-electron chi connectivity index (χ3n) is 3.39. The predicted octanol–water partition coefficient (Wildman–Crippen LogP) is 3.81. The summed E-state index contributed by atoms with van der Waals surface area (Å²) in [5, 5.41) is 13.5. The van der Waals surface area contributed by atoms with Crippen molar-refractivity contribution in [2.45, 2.75) is 10.1 Å². The van der Waals surface area contributed by atoms with E-state index in [9.17, 15) is 9.59 Å². The van der Waals surface area contributed by atoms with Crippen LogP contribution >= 0.6 is 46.0 Å². The lowest BCUT2D eigenvalue weighted by Crippen LogP contribution is -2.14. The van der Waals surface area contributed by atoms with Crippen molar-refractivity contribution in [2.24, 2.45) is 0 Å². The molecule has 0 unspecified atom stereocenters. The van der Waals surface area contributed by atoms with Crippen LogP contribution in [0.2, 0.25) is 5.02 Å². The third-order valence-corrected chi connectivity index (χ3v) is 6.49. The van der Waals surface area contributed by atoms with Gasteiger partial charge in [0.2, 0.25) is 5.13 Å². The topological polar surface area (TPSA) is 89.2 Å². The molecule has 7 nitrogen and oxygen atoms in total. The van der Waals surface area contributed by atoms with Crippen molar-refractivity contribution >= 4 is 62.7 Å². The number of thioether (sulfide) groups is 1. The number of hydrogen-bond donors (Lipinski definition) is 1. The average Bonchev–Trinajstić information content (AvgIpc) is 3.32. The fourth-order valence-corrected chi connectivity index (χ4v) is 4.64. The summed E-state index contributed by atoms with van der Waals surface area (Å²) in [5.74, 6) is 0.252. The molecule has 1 amide bonds. The normalized spacial score (nSPS) is 11.0. The van der Waals surface area contributed by atoms with Crippen molar-refractivity contribution < 1.29 is 4.79 Å². The molecule has 0 saturated carbocycles. The van der Waals surface area contributed by atoms with E-state index in [1.807, 2.05) is 11.4 Å². The number of fused-ring (bicyclic) bond motifs is 1. The minimum atomic E-state index is -0.208. The number of hydrogen-bond acceptors (Lipinski definition) is 8. The molecule has 27 heavy (non-hydrogen) atoms. The average molecular weight is 436 g/mol. The molecule has 0 fully saturated rings. The number of pyridine rings is 1. The molecule has 136 valence electrons. The summed E-state index contributed by atoms with van der Waals surface area (Å²) in [4.78, 5) is 29.3. The van der Waals surface area contributed by atoms with Gasteiger partial charge in [0, 0.05) is 18.0 Å². The molecule has 1 N–H and O–H groups in total. The van der Waals surface area contributed by atoms with E-state index in [0.29, 0.717) is 36.5 Å². The lowest BCUT2D eigenvalue weighted by Gasteiger charge is -2.03. The Morgan fingerprint density at radius 2 is 2.19 bits per heavy atom. The lowest BCUT2D eigenvalue weighted by molar-refractivity contribution is 0.103. The summed E-state index contributed by atoms with van der Waals surface area (Å²) in [7, 11) is 0. The standard InChI is InChI=1S/C16H10ClN5O2S3/c17-9-3-4-12-18-10(6-13(23)22(12)7-9)8-26-16-21-20-15(27-16)19-14(24)11-2-1-5-25-11/h1-7H,8H2,(H,19,20,24). The molecule has 4 rings (SSSR count). The second-order valence-electron chi connectivity index (χ2n) is 5.25. The zero-order valence-electron chi connectivity index (χ0n) is 13.5. The largest absolute Gasteiger partial charge is 0.296 e. The number of aromatic nitrogens is 4. The number of halogens is 1. The Kier molecular flexibility index (Phi) is 5.21. The van der Waals surface area contributed by atoms with Gasteiger partial charge in [-0.1, -0.05) is 40.8 Å². The Labute approximate surface area is 170 Å². The number of rotatable bonds is 5. The number of nitrogens with one attached hydrogen (secondary N) is 1. The summed E-state index contributed by atoms with van der Waals surface area (Å²) in [6.45, 7) is 0. The van der Waals surface area contributed by atoms with E-state index in [2.05, 4.69) is 20.5 Å². The van der Waals surface area contributed by atoms with Crippen LogP contribution in [0.25, 0.3) is 5.65 Å². The quantitative estimate of drug-likeness (QED) is 0.378. The highest BCUT2D eigenvalue weighted by atomic mass is 35.5. The van der Waals surface area contributed by atoms with Gasteiger partial charge in [0.15, 0.2) is 4.34 Å². The molecule has 0 aliphatic rings. The molecule has 11 heteroatoms. The van der Waals surface area contributed by atoms with Crippen LogP contribution in [0.3, 0.4) is 0 Å². The van der Waals surface area contributed by atoms with Gasteiger partial charge in [0.25, 0.3) is 11.5 Å². The zero-order chi connectivity index (χ0) is 18.8. The van der Waals surface area contributed by atoms with Crippen molar-refractivity contribution in [3.05, 3.63) is 67.9 Å². The molecule has 0 bridgehead atoms. The molecule has 0 radical (unpaired) electrons. The van der Waals surface area contributed by atoms with Gasteiger partial charge >= 0.3 is 0 Å². The Hall–Kier alpha value is -2.27. The Morgan fingerprint density at radius 3 is 3.00 bits per heavy atom. The van der Waals surface area contributed by atoms with E-state index in [1.54, 1.807) is 18.2 Å². The van der Waals surface area contributed by atoms with E-state index in [-0.39, 0.29) is 11.5 Å². The number of nitrogens with zero attached hydrogens (tertiary/aromatic N) is 4.